The van der Waals surface area contributed by atoms with E-state index in [-0.39, 0.29) is 12.0 Å². The van der Waals surface area contributed by atoms with Gasteiger partial charge in [-0.15, -0.1) is 0 Å². The van der Waals surface area contributed by atoms with Gasteiger partial charge in [-0.05, 0) is 19.4 Å². The normalized spacial score (nSPS) is 26.9. The summed E-state index contributed by atoms with van der Waals surface area (Å²) in [6.07, 6.45) is -1.58. The van der Waals surface area contributed by atoms with Gasteiger partial charge in [0.05, 0.1) is 13.0 Å². The first-order valence-corrected chi connectivity index (χ1v) is 6.62. The van der Waals surface area contributed by atoms with E-state index in [1.165, 1.54) is 0 Å². The molecule has 0 aromatic carbocycles. The molecule has 1 aromatic heterocycles. The number of Topliss-reactive ketones (excluding diaryl/α,β-unsaturated/α-hetero) is 1. The van der Waals surface area contributed by atoms with Crippen LogP contribution in [0.1, 0.15) is 30.7 Å². The van der Waals surface area contributed by atoms with E-state index < -0.39 is 18.6 Å². The Balaban J connectivity index is 1.63. The Hall–Kier alpha value is -1.41. The summed E-state index contributed by atoms with van der Waals surface area (Å²) in [5.74, 6) is -0.978. The van der Waals surface area contributed by atoms with E-state index in [4.69, 9.17) is 9.26 Å². The van der Waals surface area contributed by atoms with E-state index >= 15 is 0 Å². The van der Waals surface area contributed by atoms with E-state index in [2.05, 4.69) is 15.0 Å². The lowest BCUT2D eigenvalue weighted by Gasteiger charge is -2.33. The topological polar surface area (TPSA) is 68.5 Å². The van der Waals surface area contributed by atoms with Crippen LogP contribution in [0.2, 0.25) is 0 Å². The summed E-state index contributed by atoms with van der Waals surface area (Å²) in [4.78, 5) is 17.2. The molecule has 2 atom stereocenters. The minimum absolute atomic E-state index is 0.0857. The van der Waals surface area contributed by atoms with E-state index in [0.29, 0.717) is 25.0 Å². The molecule has 0 bridgehead atoms. The van der Waals surface area contributed by atoms with Crippen molar-refractivity contribution in [3.63, 3.8) is 0 Å². The van der Waals surface area contributed by atoms with E-state index in [1.54, 1.807) is 0 Å². The summed E-state index contributed by atoms with van der Waals surface area (Å²) in [5, 5.41) is 3.73. The zero-order chi connectivity index (χ0) is 14.1. The molecule has 3 heterocycles. The van der Waals surface area contributed by atoms with Crippen molar-refractivity contribution >= 4 is 5.78 Å². The molecule has 0 spiro atoms. The highest BCUT2D eigenvalue weighted by molar-refractivity contribution is 5.82. The largest absolute Gasteiger partial charge is 0.367 e. The lowest BCUT2D eigenvalue weighted by Crippen LogP contribution is -2.42. The maximum Gasteiger partial charge on any atom is 0.296 e. The highest BCUT2D eigenvalue weighted by atomic mass is 19.3. The van der Waals surface area contributed by atoms with Gasteiger partial charge in [-0.2, -0.15) is 4.98 Å². The second-order valence-electron chi connectivity index (χ2n) is 5.10. The zero-order valence-corrected chi connectivity index (χ0v) is 10.8. The molecule has 2 fully saturated rings. The first kappa shape index (κ1) is 13.6. The Kier molecular flexibility index (Phi) is 3.75. The Morgan fingerprint density at radius 2 is 2.35 bits per heavy atom. The number of hydrogen-bond acceptors (Lipinski definition) is 6. The van der Waals surface area contributed by atoms with Crippen LogP contribution in [-0.2, 0) is 16.0 Å². The number of fused-ring (bicyclic) bond motifs is 1. The molecule has 6 nitrogen and oxygen atoms in total. The fourth-order valence-corrected chi connectivity index (χ4v) is 2.67. The lowest BCUT2D eigenvalue weighted by molar-refractivity contribution is -0.129. The van der Waals surface area contributed by atoms with Crippen molar-refractivity contribution in [1.29, 1.82) is 0 Å². The van der Waals surface area contributed by atoms with Gasteiger partial charge < -0.3 is 9.26 Å². The van der Waals surface area contributed by atoms with Gasteiger partial charge in [0.1, 0.15) is 6.10 Å². The minimum Gasteiger partial charge on any atom is -0.367 e. The van der Waals surface area contributed by atoms with Crippen LogP contribution in [0, 0.1) is 0 Å². The molecule has 2 aliphatic rings. The highest BCUT2D eigenvalue weighted by Gasteiger charge is 2.35. The third-order valence-corrected chi connectivity index (χ3v) is 3.73. The Bertz CT molecular complexity index is 494. The molecule has 8 heteroatoms. The number of rotatable bonds is 4. The third kappa shape index (κ3) is 2.71. The van der Waals surface area contributed by atoms with E-state index in [1.807, 2.05) is 0 Å². The molecule has 0 radical (unpaired) electrons. The number of carbonyl (C=O) groups is 1. The fourth-order valence-electron chi connectivity index (χ4n) is 2.67. The second kappa shape index (κ2) is 5.53. The average molecular weight is 287 g/mol. The van der Waals surface area contributed by atoms with Gasteiger partial charge in [0.15, 0.2) is 0 Å². The monoisotopic (exact) mass is 287 g/mol. The number of ether oxygens (including phenoxy) is 1. The van der Waals surface area contributed by atoms with Crippen molar-refractivity contribution in [2.75, 3.05) is 19.7 Å². The molecule has 110 valence electrons. The summed E-state index contributed by atoms with van der Waals surface area (Å²) in [7, 11) is 0. The third-order valence-electron chi connectivity index (χ3n) is 3.73. The molecular weight excluding hydrogens is 272 g/mol. The molecule has 2 saturated heterocycles. The van der Waals surface area contributed by atoms with E-state index in [0.717, 1.165) is 19.4 Å². The number of nitrogens with zero attached hydrogens (tertiary/aromatic N) is 3. The van der Waals surface area contributed by atoms with Crippen LogP contribution in [0.25, 0.3) is 0 Å². The van der Waals surface area contributed by atoms with Crippen molar-refractivity contribution in [3.05, 3.63) is 11.7 Å². The predicted octanol–water partition coefficient (Wildman–Crippen LogP) is 0.982. The van der Waals surface area contributed by atoms with Crippen LogP contribution in [0.15, 0.2) is 4.52 Å². The number of carbonyl (C=O) groups excluding carboxylic acids is 1. The molecule has 3 rings (SSSR count). The number of alkyl halides is 2. The van der Waals surface area contributed by atoms with E-state index in [9.17, 15) is 13.6 Å². The second-order valence-corrected chi connectivity index (χ2v) is 5.10. The standard InChI is InChI=1S/C12H15F2N3O3/c13-11(14)8(18)4-10-15-12(16-20-10)9-5-17-3-1-2-7(17)6-19-9/h7,9,11H,1-6H2. The van der Waals surface area contributed by atoms with Gasteiger partial charge in [0.25, 0.3) is 6.43 Å². The summed E-state index contributed by atoms with van der Waals surface area (Å²) in [6.45, 7) is 2.32. The zero-order valence-electron chi connectivity index (χ0n) is 10.8. The SMILES string of the molecule is O=C(Cc1nc(C2CN3CCCC3CO2)no1)C(F)F. The maximum atomic E-state index is 12.2. The minimum atomic E-state index is -3.01. The summed E-state index contributed by atoms with van der Waals surface area (Å²) in [6, 6.07) is 0.457. The molecular formula is C12H15F2N3O3. The van der Waals surface area contributed by atoms with Gasteiger partial charge in [0, 0.05) is 12.6 Å². The maximum absolute atomic E-state index is 12.2. The lowest BCUT2D eigenvalue weighted by atomic mass is 10.2. The molecule has 0 amide bonds. The number of hydrogen-bond donors (Lipinski definition) is 0. The van der Waals surface area contributed by atoms with Gasteiger partial charge >= 0.3 is 0 Å². The van der Waals surface area contributed by atoms with Crippen molar-refractivity contribution < 1.29 is 22.8 Å². The van der Waals surface area contributed by atoms with Gasteiger partial charge in [-0.25, -0.2) is 8.78 Å². The smallest absolute Gasteiger partial charge is 0.296 e. The van der Waals surface area contributed by atoms with Crippen LogP contribution in [0.3, 0.4) is 0 Å². The van der Waals surface area contributed by atoms with Crippen LogP contribution < -0.4 is 0 Å². The van der Waals surface area contributed by atoms with Crippen LogP contribution in [-0.4, -0.2) is 53.0 Å². The number of halogens is 2. The fraction of sp³-hybridized carbons (Fsp3) is 0.750. The Morgan fingerprint density at radius 3 is 3.15 bits per heavy atom. The number of ketones is 1. The van der Waals surface area contributed by atoms with Gasteiger partial charge in [-0.1, -0.05) is 5.16 Å². The Labute approximate surface area is 114 Å². The van der Waals surface area contributed by atoms with Crippen molar-refractivity contribution in [2.45, 2.75) is 37.8 Å². The Morgan fingerprint density at radius 1 is 1.50 bits per heavy atom. The predicted molar refractivity (Wildman–Crippen MR) is 62.3 cm³/mol. The number of aromatic nitrogens is 2. The van der Waals surface area contributed by atoms with Crippen LogP contribution in [0.5, 0.6) is 0 Å². The first-order chi connectivity index (χ1) is 9.63. The van der Waals surface area contributed by atoms with Crippen molar-refractivity contribution in [1.82, 2.24) is 15.0 Å². The average Bonchev–Trinajstić information content (AvgIpc) is 3.05. The van der Waals surface area contributed by atoms with Gasteiger partial charge in [-0.3, -0.25) is 9.69 Å². The summed E-state index contributed by atoms with van der Waals surface area (Å²) >= 11 is 0. The highest BCUT2D eigenvalue weighted by Crippen LogP contribution is 2.28. The molecule has 0 saturated carbocycles. The van der Waals surface area contributed by atoms with Crippen molar-refractivity contribution in [2.24, 2.45) is 0 Å². The first-order valence-electron chi connectivity index (χ1n) is 6.62. The van der Waals surface area contributed by atoms with Crippen LogP contribution >= 0.6 is 0 Å². The molecule has 20 heavy (non-hydrogen) atoms. The summed E-state index contributed by atoms with van der Waals surface area (Å²) in [5.41, 5.74) is 0. The molecule has 0 N–H and O–H groups in total. The molecule has 2 unspecified atom stereocenters. The molecule has 1 aromatic rings. The summed E-state index contributed by atoms with van der Waals surface area (Å²) < 4.78 is 34.8. The van der Waals surface area contributed by atoms with Crippen molar-refractivity contribution in [3.8, 4) is 0 Å². The van der Waals surface area contributed by atoms with Gasteiger partial charge in [0.2, 0.25) is 17.5 Å². The molecule has 0 aliphatic carbocycles. The van der Waals surface area contributed by atoms with Crippen LogP contribution in [0.4, 0.5) is 8.78 Å². The quantitative estimate of drug-likeness (QED) is 0.822. The molecule has 2 aliphatic heterocycles. The number of morpholine rings is 1.